The van der Waals surface area contributed by atoms with Gasteiger partial charge in [-0.3, -0.25) is 14.3 Å². The van der Waals surface area contributed by atoms with Crippen LogP contribution in [0.5, 0.6) is 5.75 Å². The Bertz CT molecular complexity index is 1740. The molecule has 0 atom stereocenters. The van der Waals surface area contributed by atoms with E-state index in [2.05, 4.69) is 15.4 Å². The lowest BCUT2D eigenvalue weighted by atomic mass is 10.0. The Morgan fingerprint density at radius 1 is 0.814 bits per heavy atom. The van der Waals surface area contributed by atoms with Crippen LogP contribution in [0.1, 0.15) is 20.7 Å². The zero-order valence-electron chi connectivity index (χ0n) is 23.6. The van der Waals surface area contributed by atoms with E-state index < -0.39 is 33.1 Å². The van der Waals surface area contributed by atoms with Crippen molar-refractivity contribution >= 4 is 33.2 Å². The number of sulfonamides is 1. The van der Waals surface area contributed by atoms with Crippen molar-refractivity contribution in [2.75, 3.05) is 44.3 Å². The van der Waals surface area contributed by atoms with Crippen molar-refractivity contribution in [3.63, 3.8) is 0 Å². The summed E-state index contributed by atoms with van der Waals surface area (Å²) < 4.78 is 62.5. The highest BCUT2D eigenvalue weighted by atomic mass is 32.2. The summed E-state index contributed by atoms with van der Waals surface area (Å²) in [5.74, 6) is -2.85. The van der Waals surface area contributed by atoms with Gasteiger partial charge in [-0.05, 0) is 65.7 Å². The molecule has 3 N–H and O–H groups in total. The number of nitrogens with one attached hydrogen (secondary N) is 3. The zero-order valence-corrected chi connectivity index (χ0v) is 24.5. The molecule has 224 valence electrons. The molecule has 43 heavy (non-hydrogen) atoms. The maximum Gasteiger partial charge on any atom is 0.265 e. The van der Waals surface area contributed by atoms with Gasteiger partial charge in [-0.25, -0.2) is 17.2 Å². The van der Waals surface area contributed by atoms with Crippen LogP contribution in [0.2, 0.25) is 0 Å². The normalized spacial score (nSPS) is 11.0. The Kier molecular flexibility index (Phi) is 9.61. The number of ether oxygens (including phenoxy) is 1. The fourth-order valence-corrected chi connectivity index (χ4v) is 5.49. The summed E-state index contributed by atoms with van der Waals surface area (Å²) in [7, 11) is 0.546. The number of rotatable bonds is 11. The van der Waals surface area contributed by atoms with Gasteiger partial charge in [0.1, 0.15) is 27.8 Å². The lowest BCUT2D eigenvalue weighted by Gasteiger charge is -2.15. The lowest BCUT2D eigenvalue weighted by molar-refractivity contribution is 0.0827. The second-order valence-electron chi connectivity index (χ2n) is 9.61. The van der Waals surface area contributed by atoms with Crippen LogP contribution in [0, 0.1) is 11.6 Å². The average Bonchev–Trinajstić information content (AvgIpc) is 2.98. The van der Waals surface area contributed by atoms with E-state index in [0.717, 1.165) is 12.1 Å². The van der Waals surface area contributed by atoms with Crippen LogP contribution in [-0.4, -0.2) is 59.4 Å². The number of carbonyl (C=O) groups excluding carboxylic acids is 2. The molecule has 4 aromatic carbocycles. The van der Waals surface area contributed by atoms with E-state index in [-0.39, 0.29) is 35.3 Å². The Labute approximate surface area is 248 Å². The molecule has 0 aromatic heterocycles. The van der Waals surface area contributed by atoms with Gasteiger partial charge >= 0.3 is 0 Å². The van der Waals surface area contributed by atoms with Gasteiger partial charge in [0, 0.05) is 38.4 Å². The minimum Gasteiger partial charge on any atom is -0.495 e. The molecule has 0 heterocycles. The van der Waals surface area contributed by atoms with Crippen LogP contribution >= 0.6 is 0 Å². The number of amides is 2. The van der Waals surface area contributed by atoms with Gasteiger partial charge in [-0.1, -0.05) is 30.3 Å². The van der Waals surface area contributed by atoms with Crippen molar-refractivity contribution in [1.29, 1.82) is 0 Å². The molecule has 12 heteroatoms. The van der Waals surface area contributed by atoms with Crippen molar-refractivity contribution in [2.24, 2.45) is 0 Å². The third-order valence-corrected chi connectivity index (χ3v) is 7.75. The summed E-state index contributed by atoms with van der Waals surface area (Å²) in [6, 6.07) is 21.2. The summed E-state index contributed by atoms with van der Waals surface area (Å²) >= 11 is 0. The Morgan fingerprint density at radius 2 is 1.47 bits per heavy atom. The summed E-state index contributed by atoms with van der Waals surface area (Å²) in [5.41, 5.74) is 1.82. The lowest BCUT2D eigenvalue weighted by Crippen LogP contribution is -2.30. The van der Waals surface area contributed by atoms with Crippen molar-refractivity contribution in [3.05, 3.63) is 108 Å². The van der Waals surface area contributed by atoms with Gasteiger partial charge in [0.05, 0.1) is 12.8 Å². The number of halogens is 2. The van der Waals surface area contributed by atoms with Crippen LogP contribution in [0.3, 0.4) is 0 Å². The summed E-state index contributed by atoms with van der Waals surface area (Å²) in [4.78, 5) is 25.9. The van der Waals surface area contributed by atoms with Gasteiger partial charge < -0.3 is 20.3 Å². The molecule has 4 aromatic rings. The van der Waals surface area contributed by atoms with E-state index >= 15 is 0 Å². The quantitative estimate of drug-likeness (QED) is 0.207. The molecular formula is C31H30F2N4O5S. The van der Waals surface area contributed by atoms with Crippen LogP contribution < -0.4 is 20.1 Å². The van der Waals surface area contributed by atoms with E-state index in [0.29, 0.717) is 22.4 Å². The number of hydrogen-bond acceptors (Lipinski definition) is 6. The molecule has 0 spiro atoms. The molecule has 0 radical (unpaired) electrons. The van der Waals surface area contributed by atoms with Crippen LogP contribution in [0.15, 0.2) is 89.8 Å². The van der Waals surface area contributed by atoms with E-state index in [9.17, 15) is 26.8 Å². The molecule has 0 aliphatic heterocycles. The molecule has 0 aliphatic carbocycles. The zero-order chi connectivity index (χ0) is 31.1. The fourth-order valence-electron chi connectivity index (χ4n) is 4.25. The summed E-state index contributed by atoms with van der Waals surface area (Å²) in [6.07, 6.45) is 0. The van der Waals surface area contributed by atoms with Gasteiger partial charge in [0.25, 0.3) is 21.8 Å². The van der Waals surface area contributed by atoms with Gasteiger partial charge in [-0.2, -0.15) is 0 Å². The van der Waals surface area contributed by atoms with Crippen LogP contribution in [0.4, 0.5) is 20.2 Å². The molecule has 9 nitrogen and oxygen atoms in total. The average molecular weight is 609 g/mol. The fraction of sp³-hybridized carbons (Fsp3) is 0.161. The summed E-state index contributed by atoms with van der Waals surface area (Å²) in [5, 5.41) is 5.47. The van der Waals surface area contributed by atoms with Crippen LogP contribution in [0.25, 0.3) is 11.1 Å². The predicted octanol–water partition coefficient (Wildman–Crippen LogP) is 4.98. The molecular weight excluding hydrogens is 578 g/mol. The molecule has 0 unspecified atom stereocenters. The molecule has 4 rings (SSSR count). The topological polar surface area (TPSA) is 117 Å². The van der Waals surface area contributed by atoms with Crippen molar-refractivity contribution in [2.45, 2.75) is 4.90 Å². The first-order chi connectivity index (χ1) is 20.5. The molecule has 0 saturated carbocycles. The van der Waals surface area contributed by atoms with Crippen LogP contribution in [-0.2, 0) is 10.0 Å². The third-order valence-electron chi connectivity index (χ3n) is 6.35. The molecule has 2 amide bonds. The maximum absolute atomic E-state index is 13.8. The highest BCUT2D eigenvalue weighted by Crippen LogP contribution is 2.32. The highest BCUT2D eigenvalue weighted by Gasteiger charge is 2.22. The molecule has 0 aliphatic rings. The first kappa shape index (κ1) is 31.0. The SMILES string of the molecule is COc1ccc(-c2cccc(C(=O)N(C)C)c2)cc1S(=O)(=O)Nc1cccc(NCCNC(=O)c2c(F)cccc2F)c1. The molecule has 0 fully saturated rings. The number of nitrogens with zero attached hydrogens (tertiary/aromatic N) is 1. The minimum atomic E-state index is -4.12. The van der Waals surface area contributed by atoms with E-state index in [1.807, 2.05) is 0 Å². The number of methoxy groups -OCH3 is 1. The van der Waals surface area contributed by atoms with E-state index in [4.69, 9.17) is 4.74 Å². The van der Waals surface area contributed by atoms with Crippen molar-refractivity contribution in [1.82, 2.24) is 10.2 Å². The Morgan fingerprint density at radius 3 is 2.16 bits per heavy atom. The number of benzene rings is 4. The van der Waals surface area contributed by atoms with Gasteiger partial charge in [-0.15, -0.1) is 0 Å². The highest BCUT2D eigenvalue weighted by molar-refractivity contribution is 7.92. The van der Waals surface area contributed by atoms with Gasteiger partial charge in [0.2, 0.25) is 0 Å². The second-order valence-corrected chi connectivity index (χ2v) is 11.3. The van der Waals surface area contributed by atoms with E-state index in [1.54, 1.807) is 74.8 Å². The molecule has 0 saturated heterocycles. The second kappa shape index (κ2) is 13.3. The number of hydrogen-bond donors (Lipinski definition) is 3. The van der Waals surface area contributed by atoms with Gasteiger partial charge in [0.15, 0.2) is 0 Å². The molecule has 0 bridgehead atoms. The Hall–Kier alpha value is -4.97. The minimum absolute atomic E-state index is 0.0495. The standard InChI is InChI=1S/C31H30F2N4O5S/c1-37(2)31(39)22-8-4-7-20(17-22)21-13-14-27(42-3)28(18-21)43(40,41)36-24-10-5-9-23(19-24)34-15-16-35-30(38)29-25(32)11-6-12-26(29)33/h4-14,17-19,34,36H,15-16H2,1-3H3,(H,35,38). The Balaban J connectivity index is 1.47. The maximum atomic E-state index is 13.8. The number of anilines is 2. The predicted molar refractivity (Wildman–Crippen MR) is 161 cm³/mol. The van der Waals surface area contributed by atoms with E-state index in [1.165, 1.54) is 24.1 Å². The third kappa shape index (κ3) is 7.46. The number of carbonyl (C=O) groups is 2. The largest absolute Gasteiger partial charge is 0.495 e. The monoisotopic (exact) mass is 608 g/mol. The van der Waals surface area contributed by atoms with Crippen molar-refractivity contribution in [3.8, 4) is 16.9 Å². The first-order valence-electron chi connectivity index (χ1n) is 13.1. The first-order valence-corrected chi connectivity index (χ1v) is 14.6. The summed E-state index contributed by atoms with van der Waals surface area (Å²) in [6.45, 7) is 0.247. The smallest absolute Gasteiger partial charge is 0.265 e. The van der Waals surface area contributed by atoms with Crippen molar-refractivity contribution < 1.29 is 31.5 Å².